The summed E-state index contributed by atoms with van der Waals surface area (Å²) in [5, 5.41) is 3.26. The first kappa shape index (κ1) is 16.7. The van der Waals surface area contributed by atoms with Crippen LogP contribution in [0.15, 0.2) is 5.11 Å². The van der Waals surface area contributed by atoms with Crippen molar-refractivity contribution in [2.75, 3.05) is 12.8 Å². The SMILES string of the molecule is CC(C)(C)OC(=O)[C@@](C)(CCN=[N+]=[N-])S(C)(=O)=O. The lowest BCUT2D eigenvalue weighted by Gasteiger charge is -2.29. The highest BCUT2D eigenvalue weighted by Crippen LogP contribution is 2.25. The maximum absolute atomic E-state index is 12.0. The number of azide groups is 1. The molecule has 0 aliphatic heterocycles. The first-order valence-corrected chi connectivity index (χ1v) is 7.27. The van der Waals surface area contributed by atoms with Gasteiger partial charge in [0, 0.05) is 17.7 Å². The summed E-state index contributed by atoms with van der Waals surface area (Å²) in [6.07, 6.45) is 0.859. The van der Waals surface area contributed by atoms with Crippen LogP contribution in [0.4, 0.5) is 0 Å². The molecule has 0 radical (unpaired) electrons. The average molecular weight is 277 g/mol. The Hall–Kier alpha value is -1.27. The predicted octanol–water partition coefficient (Wildman–Crippen LogP) is 1.83. The van der Waals surface area contributed by atoms with Gasteiger partial charge in [0.1, 0.15) is 5.60 Å². The van der Waals surface area contributed by atoms with Crippen molar-refractivity contribution in [1.29, 1.82) is 0 Å². The van der Waals surface area contributed by atoms with Crippen molar-refractivity contribution >= 4 is 15.8 Å². The summed E-state index contributed by atoms with van der Waals surface area (Å²) in [7, 11) is -3.67. The van der Waals surface area contributed by atoms with E-state index in [1.165, 1.54) is 6.92 Å². The molecule has 0 saturated heterocycles. The minimum absolute atomic E-state index is 0.0840. The van der Waals surface area contributed by atoms with Crippen molar-refractivity contribution < 1.29 is 17.9 Å². The largest absolute Gasteiger partial charge is 0.459 e. The van der Waals surface area contributed by atoms with Gasteiger partial charge in [-0.3, -0.25) is 4.79 Å². The topological polar surface area (TPSA) is 109 Å². The summed E-state index contributed by atoms with van der Waals surface area (Å²) >= 11 is 0. The monoisotopic (exact) mass is 277 g/mol. The molecule has 104 valence electrons. The fraction of sp³-hybridized carbons (Fsp3) is 0.900. The molecule has 0 bridgehead atoms. The highest BCUT2D eigenvalue weighted by atomic mass is 32.2. The van der Waals surface area contributed by atoms with Gasteiger partial charge in [-0.2, -0.15) is 0 Å². The molecule has 0 aromatic rings. The molecule has 0 N–H and O–H groups in total. The van der Waals surface area contributed by atoms with E-state index in [0.29, 0.717) is 0 Å². The lowest BCUT2D eigenvalue weighted by Crippen LogP contribution is -2.47. The average Bonchev–Trinajstić information content (AvgIpc) is 2.13. The van der Waals surface area contributed by atoms with E-state index in [-0.39, 0.29) is 13.0 Å². The number of rotatable bonds is 5. The third kappa shape index (κ3) is 4.54. The summed E-state index contributed by atoms with van der Waals surface area (Å²) in [6.45, 7) is 6.16. The minimum Gasteiger partial charge on any atom is -0.459 e. The van der Waals surface area contributed by atoms with Crippen molar-refractivity contribution in [3.63, 3.8) is 0 Å². The Morgan fingerprint density at radius 2 is 1.83 bits per heavy atom. The van der Waals surface area contributed by atoms with Crippen LogP contribution in [0.25, 0.3) is 10.4 Å². The highest BCUT2D eigenvalue weighted by molar-refractivity contribution is 7.92. The molecule has 18 heavy (non-hydrogen) atoms. The van der Waals surface area contributed by atoms with Gasteiger partial charge in [-0.25, -0.2) is 8.42 Å². The van der Waals surface area contributed by atoms with Gasteiger partial charge in [-0.15, -0.1) is 0 Å². The second-order valence-electron chi connectivity index (χ2n) is 5.21. The van der Waals surface area contributed by atoms with Crippen LogP contribution >= 0.6 is 0 Å². The molecule has 0 aromatic heterocycles. The fourth-order valence-corrected chi connectivity index (χ4v) is 1.94. The zero-order valence-electron chi connectivity index (χ0n) is 11.3. The third-order valence-electron chi connectivity index (χ3n) is 2.40. The lowest BCUT2D eigenvalue weighted by atomic mass is 10.1. The van der Waals surface area contributed by atoms with Gasteiger partial charge in [-0.1, -0.05) is 5.11 Å². The molecule has 0 fully saturated rings. The van der Waals surface area contributed by atoms with Gasteiger partial charge in [0.25, 0.3) is 0 Å². The Morgan fingerprint density at radius 3 is 2.17 bits per heavy atom. The zero-order valence-corrected chi connectivity index (χ0v) is 12.1. The van der Waals surface area contributed by atoms with Crippen LogP contribution in [0.3, 0.4) is 0 Å². The molecule has 0 aliphatic rings. The molecule has 0 heterocycles. The normalized spacial score (nSPS) is 15.4. The Bertz CT molecular complexity index is 460. The Kier molecular flexibility index (Phi) is 5.19. The van der Waals surface area contributed by atoms with Gasteiger partial charge in [0.2, 0.25) is 0 Å². The summed E-state index contributed by atoms with van der Waals surface area (Å²) < 4.78 is 26.9. The summed E-state index contributed by atoms with van der Waals surface area (Å²) in [5.74, 6) is -0.828. The van der Waals surface area contributed by atoms with Crippen LogP contribution in [0, 0.1) is 0 Å². The van der Waals surface area contributed by atoms with Crippen LogP contribution in [0.1, 0.15) is 34.1 Å². The van der Waals surface area contributed by atoms with E-state index < -0.39 is 26.2 Å². The van der Waals surface area contributed by atoms with E-state index in [1.54, 1.807) is 20.8 Å². The minimum atomic E-state index is -3.67. The van der Waals surface area contributed by atoms with E-state index >= 15 is 0 Å². The van der Waals surface area contributed by atoms with Crippen LogP contribution in [0.5, 0.6) is 0 Å². The summed E-state index contributed by atoms with van der Waals surface area (Å²) in [6, 6.07) is 0. The van der Waals surface area contributed by atoms with Crippen molar-refractivity contribution in [1.82, 2.24) is 0 Å². The van der Waals surface area contributed by atoms with Gasteiger partial charge in [0.05, 0.1) is 0 Å². The predicted molar refractivity (Wildman–Crippen MR) is 67.7 cm³/mol. The fourth-order valence-electron chi connectivity index (χ4n) is 1.13. The third-order valence-corrected chi connectivity index (χ3v) is 4.41. The van der Waals surface area contributed by atoms with Crippen molar-refractivity contribution in [2.24, 2.45) is 5.11 Å². The standard InChI is InChI=1S/C10H19N3O4S/c1-9(2,3)17-8(14)10(4,18(5,15)16)6-7-12-13-11/h6-7H2,1-5H3/t10-/m1/s1. The molecule has 0 saturated carbocycles. The van der Waals surface area contributed by atoms with Gasteiger partial charge in [0.15, 0.2) is 14.6 Å². The number of carbonyl (C=O) groups is 1. The number of hydrogen-bond acceptors (Lipinski definition) is 5. The quantitative estimate of drug-likeness (QED) is 0.330. The first-order chi connectivity index (χ1) is 7.94. The van der Waals surface area contributed by atoms with Crippen molar-refractivity contribution in [3.8, 4) is 0 Å². The molecule has 0 amide bonds. The maximum atomic E-state index is 12.0. The molecular formula is C10H19N3O4S. The number of esters is 1. The van der Waals surface area contributed by atoms with Crippen LogP contribution < -0.4 is 0 Å². The van der Waals surface area contributed by atoms with E-state index in [2.05, 4.69) is 10.0 Å². The molecule has 7 nitrogen and oxygen atoms in total. The maximum Gasteiger partial charge on any atom is 0.327 e. The first-order valence-electron chi connectivity index (χ1n) is 5.38. The number of carbonyl (C=O) groups excluding carboxylic acids is 1. The molecule has 0 aromatic carbocycles. The van der Waals surface area contributed by atoms with E-state index in [9.17, 15) is 13.2 Å². The number of nitrogens with zero attached hydrogens (tertiary/aromatic N) is 3. The van der Waals surface area contributed by atoms with Crippen molar-refractivity contribution in [3.05, 3.63) is 10.4 Å². The molecule has 1 atom stereocenters. The number of ether oxygens (including phenoxy) is 1. The summed E-state index contributed by atoms with van der Waals surface area (Å²) in [5.41, 5.74) is 7.41. The van der Waals surface area contributed by atoms with E-state index in [1.807, 2.05) is 0 Å². The van der Waals surface area contributed by atoms with Gasteiger partial charge < -0.3 is 4.74 Å². The van der Waals surface area contributed by atoms with E-state index in [4.69, 9.17) is 10.3 Å². The van der Waals surface area contributed by atoms with Gasteiger partial charge >= 0.3 is 5.97 Å². The smallest absolute Gasteiger partial charge is 0.327 e. The van der Waals surface area contributed by atoms with Crippen molar-refractivity contribution in [2.45, 2.75) is 44.5 Å². The zero-order chi connectivity index (χ0) is 14.6. The molecule has 0 spiro atoms. The molecular weight excluding hydrogens is 258 g/mol. The molecule has 0 rings (SSSR count). The Balaban J connectivity index is 5.23. The van der Waals surface area contributed by atoms with Crippen LogP contribution in [-0.2, 0) is 19.4 Å². The van der Waals surface area contributed by atoms with Gasteiger partial charge in [-0.05, 0) is 39.6 Å². The molecule has 0 aliphatic carbocycles. The summed E-state index contributed by atoms with van der Waals surface area (Å²) in [4.78, 5) is 14.5. The van der Waals surface area contributed by atoms with E-state index in [0.717, 1.165) is 6.26 Å². The lowest BCUT2D eigenvalue weighted by molar-refractivity contribution is -0.157. The number of sulfone groups is 1. The molecule has 0 unspecified atom stereocenters. The molecule has 8 heteroatoms. The number of hydrogen-bond donors (Lipinski definition) is 0. The Morgan fingerprint density at radius 1 is 1.33 bits per heavy atom. The van der Waals surface area contributed by atoms with Crippen LogP contribution in [0.2, 0.25) is 0 Å². The highest BCUT2D eigenvalue weighted by Gasteiger charge is 2.45. The van der Waals surface area contributed by atoms with Crippen LogP contribution in [-0.4, -0.2) is 37.5 Å². The Labute approximate surface area is 107 Å². The second kappa shape index (κ2) is 5.58. The second-order valence-corrected chi connectivity index (χ2v) is 7.65.